The van der Waals surface area contributed by atoms with Crippen LogP contribution in [-0.2, 0) is 9.59 Å². The molecule has 29 heavy (non-hydrogen) atoms. The predicted molar refractivity (Wildman–Crippen MR) is 112 cm³/mol. The van der Waals surface area contributed by atoms with Crippen molar-refractivity contribution in [3.63, 3.8) is 0 Å². The van der Waals surface area contributed by atoms with Gasteiger partial charge in [-0.25, -0.2) is 4.98 Å². The van der Waals surface area contributed by atoms with Crippen LogP contribution in [0, 0.1) is 17.2 Å². The van der Waals surface area contributed by atoms with Gasteiger partial charge in [0.15, 0.2) is 0 Å². The van der Waals surface area contributed by atoms with E-state index in [0.717, 1.165) is 10.2 Å². The molecule has 0 radical (unpaired) electrons. The Morgan fingerprint density at radius 3 is 2.55 bits per heavy atom. The third kappa shape index (κ3) is 3.96. The monoisotopic (exact) mass is 453 g/mol. The Balaban J connectivity index is 1.38. The lowest BCUT2D eigenvalue weighted by Gasteiger charge is -2.36. The molecule has 4 rings (SSSR count). The minimum absolute atomic E-state index is 0.0172. The molecule has 8 heteroatoms. The molecule has 2 aliphatic rings. The second-order valence-corrected chi connectivity index (χ2v) is 8.10. The number of hydrogen-bond acceptors (Lipinski definition) is 5. The van der Waals surface area contributed by atoms with Gasteiger partial charge in [-0.2, -0.15) is 5.26 Å². The molecule has 0 saturated carbocycles. The van der Waals surface area contributed by atoms with E-state index in [4.69, 9.17) is 0 Å². The molecule has 2 saturated heterocycles. The SMILES string of the molecule is N#Cc1cccnc1N1CCN(C(=O)C2CC(=O)N(c3ccc(Br)cc3)C2)CC1. The number of amides is 2. The highest BCUT2D eigenvalue weighted by molar-refractivity contribution is 9.10. The first kappa shape index (κ1) is 19.4. The molecule has 7 nitrogen and oxygen atoms in total. The summed E-state index contributed by atoms with van der Waals surface area (Å²) < 4.78 is 0.950. The summed E-state index contributed by atoms with van der Waals surface area (Å²) in [4.78, 5) is 35.3. The van der Waals surface area contributed by atoms with Crippen molar-refractivity contribution in [3.8, 4) is 6.07 Å². The maximum Gasteiger partial charge on any atom is 0.228 e. The van der Waals surface area contributed by atoms with E-state index in [1.807, 2.05) is 34.1 Å². The van der Waals surface area contributed by atoms with Gasteiger partial charge in [-0.15, -0.1) is 0 Å². The maximum atomic E-state index is 13.0. The Hall–Kier alpha value is -2.92. The first-order chi connectivity index (χ1) is 14.1. The van der Waals surface area contributed by atoms with Crippen LogP contribution in [0.25, 0.3) is 0 Å². The summed E-state index contributed by atoms with van der Waals surface area (Å²) in [6.45, 7) is 2.77. The molecule has 1 aromatic carbocycles. The quantitative estimate of drug-likeness (QED) is 0.712. The minimum atomic E-state index is -0.317. The molecule has 0 aliphatic carbocycles. The number of nitrogens with zero attached hydrogens (tertiary/aromatic N) is 5. The Kier molecular flexibility index (Phi) is 5.49. The summed E-state index contributed by atoms with van der Waals surface area (Å²) in [7, 11) is 0. The van der Waals surface area contributed by atoms with Crippen LogP contribution in [0.4, 0.5) is 11.5 Å². The first-order valence-corrected chi connectivity index (χ1v) is 10.3. The van der Waals surface area contributed by atoms with Crippen LogP contribution in [0.5, 0.6) is 0 Å². The maximum absolute atomic E-state index is 13.0. The van der Waals surface area contributed by atoms with Crippen molar-refractivity contribution in [2.24, 2.45) is 5.92 Å². The molecule has 148 valence electrons. The second kappa shape index (κ2) is 8.21. The van der Waals surface area contributed by atoms with Crippen LogP contribution >= 0.6 is 15.9 Å². The number of carbonyl (C=O) groups is 2. The highest BCUT2D eigenvalue weighted by Gasteiger charge is 2.38. The van der Waals surface area contributed by atoms with Crippen LogP contribution in [0.2, 0.25) is 0 Å². The Morgan fingerprint density at radius 1 is 1.14 bits per heavy atom. The van der Waals surface area contributed by atoms with Gasteiger partial charge in [0.05, 0.1) is 11.5 Å². The van der Waals surface area contributed by atoms with Crippen molar-refractivity contribution >= 4 is 39.2 Å². The number of pyridine rings is 1. The van der Waals surface area contributed by atoms with E-state index >= 15 is 0 Å². The lowest BCUT2D eigenvalue weighted by molar-refractivity contribution is -0.136. The van der Waals surface area contributed by atoms with E-state index in [9.17, 15) is 14.9 Å². The van der Waals surface area contributed by atoms with Crippen LogP contribution in [0.1, 0.15) is 12.0 Å². The number of rotatable bonds is 3. The number of carbonyl (C=O) groups excluding carboxylic acids is 2. The van der Waals surface area contributed by atoms with Gasteiger partial charge < -0.3 is 14.7 Å². The normalized spacial score (nSPS) is 19.4. The summed E-state index contributed by atoms with van der Waals surface area (Å²) in [5.74, 6) is 0.359. The van der Waals surface area contributed by atoms with Crippen molar-refractivity contribution in [1.82, 2.24) is 9.88 Å². The molecule has 0 N–H and O–H groups in total. The summed E-state index contributed by atoms with van der Waals surface area (Å²) >= 11 is 3.40. The summed E-state index contributed by atoms with van der Waals surface area (Å²) in [6.07, 6.45) is 1.92. The Labute approximate surface area is 177 Å². The van der Waals surface area contributed by atoms with Gasteiger partial charge in [0.1, 0.15) is 11.9 Å². The molecule has 1 aromatic heterocycles. The molecular formula is C21H20BrN5O2. The van der Waals surface area contributed by atoms with E-state index in [1.165, 1.54) is 0 Å². The third-order valence-electron chi connectivity index (χ3n) is 5.41. The van der Waals surface area contributed by atoms with Crippen LogP contribution in [-0.4, -0.2) is 54.4 Å². The molecule has 3 heterocycles. The first-order valence-electron chi connectivity index (χ1n) is 9.51. The fourth-order valence-electron chi connectivity index (χ4n) is 3.88. The molecule has 0 spiro atoms. The number of nitriles is 1. The molecule has 2 aromatic rings. The number of piperazine rings is 1. The highest BCUT2D eigenvalue weighted by atomic mass is 79.9. The zero-order valence-electron chi connectivity index (χ0n) is 15.8. The topological polar surface area (TPSA) is 80.5 Å². The van der Waals surface area contributed by atoms with Gasteiger partial charge in [0, 0.05) is 55.5 Å². The van der Waals surface area contributed by atoms with Crippen molar-refractivity contribution in [2.45, 2.75) is 6.42 Å². The Morgan fingerprint density at radius 2 is 1.86 bits per heavy atom. The number of halogens is 1. The third-order valence-corrected chi connectivity index (χ3v) is 5.94. The second-order valence-electron chi connectivity index (χ2n) is 7.18. The van der Waals surface area contributed by atoms with Crippen molar-refractivity contribution in [2.75, 3.05) is 42.5 Å². The molecule has 0 bridgehead atoms. The number of aromatic nitrogens is 1. The Bertz CT molecular complexity index is 964. The van der Waals surface area contributed by atoms with Crippen molar-refractivity contribution < 1.29 is 9.59 Å². The summed E-state index contributed by atoms with van der Waals surface area (Å²) in [6, 6.07) is 13.2. The highest BCUT2D eigenvalue weighted by Crippen LogP contribution is 2.28. The zero-order valence-corrected chi connectivity index (χ0v) is 17.4. The number of hydrogen-bond donors (Lipinski definition) is 0. The molecule has 2 aliphatic heterocycles. The molecule has 2 amide bonds. The van der Waals surface area contributed by atoms with E-state index in [2.05, 4.69) is 27.0 Å². The largest absolute Gasteiger partial charge is 0.352 e. The summed E-state index contributed by atoms with van der Waals surface area (Å²) in [5, 5.41) is 9.27. The lowest BCUT2D eigenvalue weighted by atomic mass is 10.1. The van der Waals surface area contributed by atoms with Gasteiger partial charge >= 0.3 is 0 Å². The van der Waals surface area contributed by atoms with E-state index in [1.54, 1.807) is 23.2 Å². The standard InChI is InChI=1S/C21H20BrN5O2/c22-17-3-5-18(6-4-17)27-14-16(12-19(27)28)21(29)26-10-8-25(9-11-26)20-15(13-23)2-1-7-24-20/h1-7,16H,8-12,14H2. The average molecular weight is 454 g/mol. The van der Waals surface area contributed by atoms with Crippen molar-refractivity contribution in [3.05, 3.63) is 52.6 Å². The molecule has 1 atom stereocenters. The zero-order chi connectivity index (χ0) is 20.4. The fraction of sp³-hybridized carbons (Fsp3) is 0.333. The van der Waals surface area contributed by atoms with E-state index in [0.29, 0.717) is 44.1 Å². The number of benzene rings is 1. The van der Waals surface area contributed by atoms with Crippen LogP contribution in [0.3, 0.4) is 0 Å². The predicted octanol–water partition coefficient (Wildman–Crippen LogP) is 2.42. The number of anilines is 2. The van der Waals surface area contributed by atoms with Gasteiger partial charge in [0.2, 0.25) is 11.8 Å². The molecular weight excluding hydrogens is 434 g/mol. The minimum Gasteiger partial charge on any atom is -0.352 e. The van der Waals surface area contributed by atoms with Gasteiger partial charge in [-0.05, 0) is 36.4 Å². The molecule has 1 unspecified atom stereocenters. The lowest BCUT2D eigenvalue weighted by Crippen LogP contribution is -2.51. The van der Waals surface area contributed by atoms with Crippen LogP contribution in [0.15, 0.2) is 47.1 Å². The summed E-state index contributed by atoms with van der Waals surface area (Å²) in [5.41, 5.74) is 1.36. The van der Waals surface area contributed by atoms with Crippen LogP contribution < -0.4 is 9.80 Å². The van der Waals surface area contributed by atoms with Gasteiger partial charge in [-0.3, -0.25) is 9.59 Å². The smallest absolute Gasteiger partial charge is 0.228 e. The van der Waals surface area contributed by atoms with Gasteiger partial charge in [-0.1, -0.05) is 15.9 Å². The molecule has 2 fully saturated rings. The van der Waals surface area contributed by atoms with Crippen molar-refractivity contribution in [1.29, 1.82) is 5.26 Å². The van der Waals surface area contributed by atoms with E-state index < -0.39 is 0 Å². The average Bonchev–Trinajstić information content (AvgIpc) is 3.15. The fourth-order valence-corrected chi connectivity index (χ4v) is 4.14. The van der Waals surface area contributed by atoms with Gasteiger partial charge in [0.25, 0.3) is 0 Å². The van der Waals surface area contributed by atoms with E-state index in [-0.39, 0.29) is 24.2 Å².